The molecule has 0 unspecified atom stereocenters. The molecule has 0 saturated heterocycles. The van der Waals surface area contributed by atoms with Crippen molar-refractivity contribution >= 4 is 50.0 Å². The van der Waals surface area contributed by atoms with Crippen LogP contribution in [0.3, 0.4) is 0 Å². The van der Waals surface area contributed by atoms with Crippen molar-refractivity contribution < 1.29 is 23.9 Å². The monoisotopic (exact) mass is 640 g/mol. The second-order valence-electron chi connectivity index (χ2n) is 11.8. The number of benzene rings is 5. The first-order valence-corrected chi connectivity index (χ1v) is 16.6. The van der Waals surface area contributed by atoms with Gasteiger partial charge in [-0.1, -0.05) is 79.9 Å². The van der Waals surface area contributed by atoms with Gasteiger partial charge in [0.2, 0.25) is 0 Å². The van der Waals surface area contributed by atoms with Crippen molar-refractivity contribution in [3.8, 4) is 11.5 Å². The number of carbonyl (C=O) groups is 2. The van der Waals surface area contributed by atoms with Crippen molar-refractivity contribution in [1.82, 2.24) is 4.57 Å². The minimum Gasteiger partial charge on any atom is -0.496 e. The summed E-state index contributed by atoms with van der Waals surface area (Å²) >= 11 is 0. The van der Waals surface area contributed by atoms with E-state index in [9.17, 15) is 9.59 Å². The molecule has 0 N–H and O–H groups in total. The van der Waals surface area contributed by atoms with E-state index in [0.29, 0.717) is 40.5 Å². The van der Waals surface area contributed by atoms with Crippen molar-refractivity contribution in [1.29, 1.82) is 0 Å². The molecule has 0 saturated carbocycles. The van der Waals surface area contributed by atoms with Gasteiger partial charge in [-0.2, -0.15) is 0 Å². The molecule has 0 radical (unpaired) electrons. The molecule has 0 spiro atoms. The molecule has 0 atom stereocenters. The number of unbranched alkanes of at least 4 members (excludes halogenated alkanes) is 3. The highest BCUT2D eigenvalue weighted by atomic mass is 16.7. The summed E-state index contributed by atoms with van der Waals surface area (Å²) in [5.41, 5.74) is 5.16. The Bertz CT molecular complexity index is 2160. The zero-order chi connectivity index (χ0) is 33.6. The van der Waals surface area contributed by atoms with Crippen LogP contribution in [-0.4, -0.2) is 35.7 Å². The summed E-state index contributed by atoms with van der Waals surface area (Å²) in [6.07, 6.45) is 4.53. The van der Waals surface area contributed by atoms with Crippen molar-refractivity contribution in [3.05, 3.63) is 119 Å². The Balaban J connectivity index is 1.55. The van der Waals surface area contributed by atoms with Gasteiger partial charge in [0, 0.05) is 52.0 Å². The smallest absolute Gasteiger partial charge is 0.332 e. The number of para-hydroxylation sites is 1. The molecular formula is C41H40N2O5. The average molecular weight is 641 g/mol. The minimum atomic E-state index is -0.518. The van der Waals surface area contributed by atoms with E-state index in [4.69, 9.17) is 14.3 Å². The van der Waals surface area contributed by atoms with Crippen LogP contribution in [0.5, 0.6) is 11.5 Å². The van der Waals surface area contributed by atoms with Gasteiger partial charge in [0.05, 0.1) is 19.3 Å². The lowest BCUT2D eigenvalue weighted by atomic mass is 9.95. The van der Waals surface area contributed by atoms with E-state index in [-0.39, 0.29) is 5.78 Å². The lowest BCUT2D eigenvalue weighted by Gasteiger charge is -2.13. The molecule has 6 aromatic rings. The third-order valence-electron chi connectivity index (χ3n) is 8.68. The number of hydrogen-bond acceptors (Lipinski definition) is 6. The molecule has 0 amide bonds. The highest BCUT2D eigenvalue weighted by Crippen LogP contribution is 2.35. The summed E-state index contributed by atoms with van der Waals surface area (Å²) in [5, 5.41) is 8.06. The molecule has 48 heavy (non-hydrogen) atoms. The number of rotatable bonds is 13. The van der Waals surface area contributed by atoms with Crippen LogP contribution >= 0.6 is 0 Å². The van der Waals surface area contributed by atoms with Gasteiger partial charge in [-0.15, -0.1) is 0 Å². The summed E-state index contributed by atoms with van der Waals surface area (Å²) in [5.74, 6) is 0.568. The Morgan fingerprint density at radius 3 is 2.17 bits per heavy atom. The van der Waals surface area contributed by atoms with Crippen LogP contribution in [0.4, 0.5) is 0 Å². The molecule has 6 rings (SSSR count). The van der Waals surface area contributed by atoms with E-state index >= 15 is 0 Å². The van der Waals surface area contributed by atoms with Gasteiger partial charge in [0.1, 0.15) is 17.2 Å². The molecule has 244 valence electrons. The normalized spacial score (nSPS) is 11.7. The summed E-state index contributed by atoms with van der Waals surface area (Å²) < 4.78 is 14.0. The summed E-state index contributed by atoms with van der Waals surface area (Å²) in [7, 11) is 1.60. The van der Waals surface area contributed by atoms with Crippen LogP contribution in [0.2, 0.25) is 0 Å². The van der Waals surface area contributed by atoms with Crippen molar-refractivity contribution in [2.75, 3.05) is 13.7 Å². The van der Waals surface area contributed by atoms with Crippen LogP contribution in [0.25, 0.3) is 32.6 Å². The number of fused-ring (bicyclic) bond motifs is 4. The van der Waals surface area contributed by atoms with Crippen LogP contribution in [0.1, 0.15) is 73.5 Å². The average Bonchev–Trinajstić information content (AvgIpc) is 3.42. The molecule has 7 nitrogen and oxygen atoms in total. The largest absolute Gasteiger partial charge is 0.496 e. The Labute approximate surface area is 280 Å². The first kappa shape index (κ1) is 32.5. The maximum absolute atomic E-state index is 14.4. The van der Waals surface area contributed by atoms with E-state index in [0.717, 1.165) is 63.9 Å². The van der Waals surface area contributed by atoms with E-state index in [1.807, 2.05) is 85.8 Å². The number of ether oxygens (including phenoxy) is 2. The van der Waals surface area contributed by atoms with Crippen LogP contribution in [0, 0.1) is 0 Å². The Morgan fingerprint density at radius 2 is 1.44 bits per heavy atom. The van der Waals surface area contributed by atoms with Crippen LogP contribution in [-0.2, 0) is 16.2 Å². The number of nitrogens with zero attached hydrogens (tertiary/aromatic N) is 2. The van der Waals surface area contributed by atoms with Crippen LogP contribution in [0.15, 0.2) is 102 Å². The Hall–Kier alpha value is -5.43. The fourth-order valence-electron chi connectivity index (χ4n) is 6.44. The predicted molar refractivity (Wildman–Crippen MR) is 193 cm³/mol. The third kappa shape index (κ3) is 6.41. The van der Waals surface area contributed by atoms with Gasteiger partial charge in [0.15, 0.2) is 5.78 Å². The lowest BCUT2D eigenvalue weighted by molar-refractivity contribution is -0.140. The highest BCUT2D eigenvalue weighted by Gasteiger charge is 2.22. The molecule has 0 aliphatic heterocycles. The van der Waals surface area contributed by atoms with E-state index in [1.165, 1.54) is 13.3 Å². The SMILES string of the molecule is CCCCCCn1c2ccc(C(=O)c3c(OCC)ccc4ccccc34)cc2c2cc(/C(=N\OC(C)=O)c3ccccc3OC)ccc21. The Morgan fingerprint density at radius 1 is 0.729 bits per heavy atom. The molecule has 1 heterocycles. The zero-order valence-corrected chi connectivity index (χ0v) is 27.9. The van der Waals surface area contributed by atoms with Gasteiger partial charge in [-0.05, 0) is 72.6 Å². The standard InChI is InChI=1S/C41H40N2O5/c1-5-7-8-13-24-43-35-21-18-29(40(42-48-27(3)44)32-16-11-12-17-37(32)46-4)25-33(35)34-26-30(19-22-36(34)43)41(45)39-31-15-10-9-14-28(31)20-23-38(39)47-6-2/h9-12,14-23,25-26H,5-8,13,24H2,1-4H3/b42-40+. The molecule has 1 aromatic heterocycles. The fraction of sp³-hybridized carbons (Fsp3) is 0.244. The van der Waals surface area contributed by atoms with Crippen molar-refractivity contribution in [3.63, 3.8) is 0 Å². The number of methoxy groups -OCH3 is 1. The molecular weight excluding hydrogens is 600 g/mol. The van der Waals surface area contributed by atoms with Gasteiger partial charge >= 0.3 is 5.97 Å². The summed E-state index contributed by atoms with van der Waals surface area (Å²) in [6.45, 7) is 6.77. The molecule has 0 aliphatic carbocycles. The molecule has 0 fully saturated rings. The fourth-order valence-corrected chi connectivity index (χ4v) is 6.44. The lowest BCUT2D eigenvalue weighted by Crippen LogP contribution is -2.08. The number of carbonyl (C=O) groups excluding carboxylic acids is 2. The van der Waals surface area contributed by atoms with Gasteiger partial charge < -0.3 is 18.9 Å². The second-order valence-corrected chi connectivity index (χ2v) is 11.8. The maximum atomic E-state index is 14.4. The highest BCUT2D eigenvalue weighted by molar-refractivity contribution is 6.21. The van der Waals surface area contributed by atoms with Gasteiger partial charge in [0.25, 0.3) is 0 Å². The third-order valence-corrected chi connectivity index (χ3v) is 8.68. The number of aromatic nitrogens is 1. The number of hydrogen-bond donors (Lipinski definition) is 0. The Kier molecular flexibility index (Phi) is 9.86. The summed E-state index contributed by atoms with van der Waals surface area (Å²) in [6, 6.07) is 31.4. The molecule has 7 heteroatoms. The predicted octanol–water partition coefficient (Wildman–Crippen LogP) is 9.48. The first-order valence-electron chi connectivity index (χ1n) is 16.6. The molecule has 5 aromatic carbocycles. The van der Waals surface area contributed by atoms with E-state index < -0.39 is 5.97 Å². The second kappa shape index (κ2) is 14.6. The quantitative estimate of drug-likeness (QED) is 0.0413. The first-order chi connectivity index (χ1) is 23.4. The van der Waals surface area contributed by atoms with Crippen molar-refractivity contribution in [2.24, 2.45) is 5.16 Å². The summed E-state index contributed by atoms with van der Waals surface area (Å²) in [4.78, 5) is 31.5. The molecule has 0 bridgehead atoms. The zero-order valence-electron chi connectivity index (χ0n) is 27.9. The van der Waals surface area contributed by atoms with Gasteiger partial charge in [-0.25, -0.2) is 4.79 Å². The van der Waals surface area contributed by atoms with Crippen LogP contribution < -0.4 is 9.47 Å². The maximum Gasteiger partial charge on any atom is 0.332 e. The van der Waals surface area contributed by atoms with E-state index in [2.05, 4.69) is 34.8 Å². The topological polar surface area (TPSA) is 79.1 Å². The number of oxime groups is 1. The minimum absolute atomic E-state index is 0.0942. The number of ketones is 1. The van der Waals surface area contributed by atoms with E-state index in [1.54, 1.807) is 7.11 Å². The number of aryl methyl sites for hydroxylation is 1. The molecule has 0 aliphatic rings. The van der Waals surface area contributed by atoms with Gasteiger partial charge in [-0.3, -0.25) is 4.79 Å². The van der Waals surface area contributed by atoms with Crippen molar-refractivity contribution in [2.45, 2.75) is 53.0 Å².